The smallest absolute Gasteiger partial charge is 0.103 e. The largest absolute Gasteiger partial charge is 0.384 e. The van der Waals surface area contributed by atoms with Crippen molar-refractivity contribution in [2.45, 2.75) is 38.3 Å². The minimum absolute atomic E-state index is 0.703. The molecule has 4 rings (SSSR count). The summed E-state index contributed by atoms with van der Waals surface area (Å²) in [6.07, 6.45) is 3.43. The van der Waals surface area contributed by atoms with Crippen LogP contribution in [0.2, 0.25) is 0 Å². The number of β-amino-alcohol motifs (C(OH)–C–C–N with tert-alkyl or cyclic N) is 1. The van der Waals surface area contributed by atoms with E-state index in [1.54, 1.807) is 0 Å². The maximum absolute atomic E-state index is 11.0. The third-order valence-electron chi connectivity index (χ3n) is 5.75. The lowest BCUT2D eigenvalue weighted by Crippen LogP contribution is -2.30. The molecule has 2 aromatic rings. The summed E-state index contributed by atoms with van der Waals surface area (Å²) in [5.41, 5.74) is 4.45. The van der Waals surface area contributed by atoms with E-state index in [9.17, 15) is 5.11 Å². The Morgan fingerprint density at radius 2 is 1.76 bits per heavy atom. The van der Waals surface area contributed by atoms with Crippen LogP contribution < -0.4 is 4.90 Å². The molecule has 2 saturated heterocycles. The maximum Gasteiger partial charge on any atom is 0.103 e. The first-order valence-electron chi connectivity index (χ1n) is 9.49. The first-order valence-corrected chi connectivity index (χ1v) is 9.49. The molecule has 2 heterocycles. The van der Waals surface area contributed by atoms with Gasteiger partial charge in [-0.05, 0) is 48.9 Å². The lowest BCUT2D eigenvalue weighted by atomic mass is 9.93. The number of likely N-dealkylation sites (tertiary alicyclic amines) is 1. The Morgan fingerprint density at radius 1 is 1.00 bits per heavy atom. The third-order valence-corrected chi connectivity index (χ3v) is 5.75. The molecule has 132 valence electrons. The van der Waals surface area contributed by atoms with E-state index in [-0.39, 0.29) is 0 Å². The van der Waals surface area contributed by atoms with E-state index in [1.807, 2.05) is 30.3 Å². The van der Waals surface area contributed by atoms with Gasteiger partial charge in [0.2, 0.25) is 0 Å². The summed E-state index contributed by atoms with van der Waals surface area (Å²) in [6.45, 7) is 7.17. The van der Waals surface area contributed by atoms with Crippen LogP contribution in [0.5, 0.6) is 0 Å². The Kier molecular flexibility index (Phi) is 4.53. The number of benzene rings is 2. The molecule has 0 aliphatic carbocycles. The Morgan fingerprint density at radius 3 is 2.48 bits per heavy atom. The van der Waals surface area contributed by atoms with Gasteiger partial charge in [0.25, 0.3) is 0 Å². The molecule has 0 saturated carbocycles. The highest BCUT2D eigenvalue weighted by Crippen LogP contribution is 2.33. The highest BCUT2D eigenvalue weighted by molar-refractivity contribution is 5.55. The van der Waals surface area contributed by atoms with E-state index in [0.29, 0.717) is 6.54 Å². The molecule has 1 atom stereocenters. The van der Waals surface area contributed by atoms with Crippen molar-refractivity contribution in [3.8, 4) is 0 Å². The van der Waals surface area contributed by atoms with Crippen LogP contribution in [0.15, 0.2) is 48.5 Å². The average Bonchev–Trinajstić information content (AvgIpc) is 3.27. The Balaban J connectivity index is 1.44. The zero-order chi connectivity index (χ0) is 17.3. The normalized spacial score (nSPS) is 24.2. The standard InChI is InChI=1S/C22H28N2O/c1-18-15-19(9-10-21(18)24-12-5-6-13-24)16-23-14-11-22(25,17-23)20-7-3-2-4-8-20/h2-4,7-10,15,25H,5-6,11-14,16-17H2,1H3. The highest BCUT2D eigenvalue weighted by atomic mass is 16.3. The first kappa shape index (κ1) is 16.6. The molecule has 0 amide bonds. The summed E-state index contributed by atoms with van der Waals surface area (Å²) in [5, 5.41) is 11.0. The van der Waals surface area contributed by atoms with Crippen molar-refractivity contribution in [2.75, 3.05) is 31.1 Å². The molecule has 0 spiro atoms. The molecule has 0 bridgehead atoms. The number of aryl methyl sites for hydroxylation is 1. The van der Waals surface area contributed by atoms with Crippen LogP contribution in [-0.2, 0) is 12.1 Å². The quantitative estimate of drug-likeness (QED) is 0.922. The molecule has 3 nitrogen and oxygen atoms in total. The third kappa shape index (κ3) is 3.44. The van der Waals surface area contributed by atoms with Gasteiger partial charge in [0.15, 0.2) is 0 Å². The van der Waals surface area contributed by atoms with Gasteiger partial charge in [0, 0.05) is 38.4 Å². The molecule has 2 aromatic carbocycles. The van der Waals surface area contributed by atoms with Crippen molar-refractivity contribution >= 4 is 5.69 Å². The Bertz CT molecular complexity index is 724. The summed E-state index contributed by atoms with van der Waals surface area (Å²) in [5.74, 6) is 0. The predicted molar refractivity (Wildman–Crippen MR) is 103 cm³/mol. The Labute approximate surface area is 150 Å². The van der Waals surface area contributed by atoms with E-state index in [1.165, 1.54) is 42.7 Å². The summed E-state index contributed by atoms with van der Waals surface area (Å²) < 4.78 is 0. The second kappa shape index (κ2) is 6.81. The van der Waals surface area contributed by atoms with Gasteiger partial charge < -0.3 is 10.0 Å². The number of nitrogens with zero attached hydrogens (tertiary/aromatic N) is 2. The van der Waals surface area contributed by atoms with Gasteiger partial charge >= 0.3 is 0 Å². The van der Waals surface area contributed by atoms with Gasteiger partial charge in [-0.3, -0.25) is 4.90 Å². The molecule has 2 aliphatic heterocycles. The maximum atomic E-state index is 11.0. The average molecular weight is 336 g/mol. The van der Waals surface area contributed by atoms with E-state index in [2.05, 4.69) is 34.9 Å². The van der Waals surface area contributed by atoms with Crippen LogP contribution in [0.1, 0.15) is 36.0 Å². The minimum Gasteiger partial charge on any atom is -0.384 e. The second-order valence-corrected chi connectivity index (χ2v) is 7.67. The zero-order valence-corrected chi connectivity index (χ0v) is 15.1. The molecule has 3 heteroatoms. The highest BCUT2D eigenvalue weighted by Gasteiger charge is 2.37. The van der Waals surface area contributed by atoms with Crippen LogP contribution >= 0.6 is 0 Å². The van der Waals surface area contributed by atoms with Crippen LogP contribution in [0.4, 0.5) is 5.69 Å². The van der Waals surface area contributed by atoms with Gasteiger partial charge in [-0.15, -0.1) is 0 Å². The summed E-state index contributed by atoms with van der Waals surface area (Å²) >= 11 is 0. The number of aliphatic hydroxyl groups is 1. The molecule has 25 heavy (non-hydrogen) atoms. The number of hydrogen-bond acceptors (Lipinski definition) is 3. The minimum atomic E-state index is -0.703. The summed E-state index contributed by atoms with van der Waals surface area (Å²) in [7, 11) is 0. The topological polar surface area (TPSA) is 26.7 Å². The predicted octanol–water partition coefficient (Wildman–Crippen LogP) is 3.69. The number of anilines is 1. The number of rotatable bonds is 4. The van der Waals surface area contributed by atoms with Gasteiger partial charge in [-0.1, -0.05) is 42.5 Å². The SMILES string of the molecule is Cc1cc(CN2CCC(O)(c3ccccc3)C2)ccc1N1CCCC1. The van der Waals surface area contributed by atoms with E-state index in [4.69, 9.17) is 0 Å². The summed E-state index contributed by atoms with van der Waals surface area (Å²) in [6, 6.07) is 17.0. The van der Waals surface area contributed by atoms with Gasteiger partial charge in [0.1, 0.15) is 5.60 Å². The molecule has 0 radical (unpaired) electrons. The van der Waals surface area contributed by atoms with Gasteiger partial charge in [-0.2, -0.15) is 0 Å². The molecule has 2 aliphatic rings. The lowest BCUT2D eigenvalue weighted by Gasteiger charge is -2.25. The van der Waals surface area contributed by atoms with Crippen LogP contribution in [-0.4, -0.2) is 36.2 Å². The fraction of sp³-hybridized carbons (Fsp3) is 0.455. The fourth-order valence-electron chi connectivity index (χ4n) is 4.38. The van der Waals surface area contributed by atoms with Crippen molar-refractivity contribution in [3.63, 3.8) is 0 Å². The molecular formula is C22H28N2O. The molecule has 1 unspecified atom stereocenters. The van der Waals surface area contributed by atoms with E-state index in [0.717, 1.165) is 25.1 Å². The lowest BCUT2D eigenvalue weighted by molar-refractivity contribution is 0.0453. The molecular weight excluding hydrogens is 308 g/mol. The Hall–Kier alpha value is -1.84. The van der Waals surface area contributed by atoms with Crippen molar-refractivity contribution < 1.29 is 5.11 Å². The van der Waals surface area contributed by atoms with Crippen LogP contribution in [0.3, 0.4) is 0 Å². The second-order valence-electron chi connectivity index (χ2n) is 7.67. The fourth-order valence-corrected chi connectivity index (χ4v) is 4.38. The molecule has 0 aromatic heterocycles. The zero-order valence-electron chi connectivity index (χ0n) is 15.1. The van der Waals surface area contributed by atoms with Crippen molar-refractivity contribution in [3.05, 3.63) is 65.2 Å². The van der Waals surface area contributed by atoms with Gasteiger partial charge in [0.05, 0.1) is 0 Å². The van der Waals surface area contributed by atoms with Crippen LogP contribution in [0.25, 0.3) is 0 Å². The van der Waals surface area contributed by atoms with E-state index >= 15 is 0 Å². The molecule has 2 fully saturated rings. The van der Waals surface area contributed by atoms with E-state index < -0.39 is 5.60 Å². The number of hydrogen-bond donors (Lipinski definition) is 1. The van der Waals surface area contributed by atoms with Crippen LogP contribution in [0, 0.1) is 6.92 Å². The van der Waals surface area contributed by atoms with Crippen molar-refractivity contribution in [1.29, 1.82) is 0 Å². The van der Waals surface area contributed by atoms with Crippen molar-refractivity contribution in [1.82, 2.24) is 4.90 Å². The van der Waals surface area contributed by atoms with Gasteiger partial charge in [-0.25, -0.2) is 0 Å². The molecule has 1 N–H and O–H groups in total. The monoisotopic (exact) mass is 336 g/mol. The first-order chi connectivity index (χ1) is 12.1. The summed E-state index contributed by atoms with van der Waals surface area (Å²) in [4.78, 5) is 4.88. The van der Waals surface area contributed by atoms with Crippen molar-refractivity contribution in [2.24, 2.45) is 0 Å².